The maximum atomic E-state index is 6.98. The van der Waals surface area contributed by atoms with Crippen molar-refractivity contribution in [2.24, 2.45) is 0 Å². The number of hydrogen-bond donors (Lipinski definition) is 0. The normalized spacial score (nSPS) is 12.9. The van der Waals surface area contributed by atoms with Crippen molar-refractivity contribution in [3.05, 3.63) is 94.4 Å². The van der Waals surface area contributed by atoms with Crippen LogP contribution in [-0.2, 0) is 0 Å². The summed E-state index contributed by atoms with van der Waals surface area (Å²) in [7, 11) is 1.63. The summed E-state index contributed by atoms with van der Waals surface area (Å²) in [4.78, 5) is 6.45. The number of nitrogens with zero attached hydrogens (tertiary/aromatic N) is 2. The van der Waals surface area contributed by atoms with Crippen LogP contribution in [0, 0.1) is 13.1 Å². The molecule has 3 heteroatoms. The number of benzene rings is 1. The second-order valence-electron chi connectivity index (χ2n) is 4.05. The minimum absolute atomic E-state index is 0.0851. The summed E-state index contributed by atoms with van der Waals surface area (Å²) in [6.07, 6.45) is 9.29. The van der Waals surface area contributed by atoms with Crippen molar-refractivity contribution >= 4 is 5.57 Å². The van der Waals surface area contributed by atoms with Crippen LogP contribution in [0.25, 0.3) is 15.3 Å². The van der Waals surface area contributed by atoms with Gasteiger partial charge in [0.1, 0.15) is 18.9 Å². The predicted octanol–water partition coefficient (Wildman–Crippen LogP) is 4.25. The van der Waals surface area contributed by atoms with Gasteiger partial charge >= 0.3 is 5.82 Å². The SMILES string of the molecule is [C-]#[N+]C([N+]#[C-])=C1C=CC=C(c2ccc(OC)cc2)C=C1. The van der Waals surface area contributed by atoms with E-state index in [1.165, 1.54) is 0 Å². The first kappa shape index (κ1) is 13.4. The standard InChI is InChI=1S/C17H12N2O/c1-18-17(19-2)15-6-4-5-13(7-8-15)14-9-11-16(20-3)12-10-14/h4-12H,3H3. The molecule has 3 nitrogen and oxygen atoms in total. The summed E-state index contributed by atoms with van der Waals surface area (Å²) in [6.45, 7) is 14.0. The van der Waals surface area contributed by atoms with Crippen LogP contribution in [-0.4, -0.2) is 7.11 Å². The van der Waals surface area contributed by atoms with Crippen molar-refractivity contribution in [1.29, 1.82) is 0 Å². The van der Waals surface area contributed by atoms with Crippen LogP contribution in [0.5, 0.6) is 5.75 Å². The van der Waals surface area contributed by atoms with Gasteiger partial charge in [0.05, 0.1) is 12.7 Å². The lowest BCUT2D eigenvalue weighted by Gasteiger charge is -2.03. The maximum absolute atomic E-state index is 6.98. The Kier molecular flexibility index (Phi) is 4.17. The highest BCUT2D eigenvalue weighted by Crippen LogP contribution is 2.23. The van der Waals surface area contributed by atoms with Gasteiger partial charge in [-0.05, 0) is 23.3 Å². The summed E-state index contributed by atoms with van der Waals surface area (Å²) in [5.41, 5.74) is 2.71. The number of allylic oxidation sites excluding steroid dienone is 7. The molecule has 0 amide bonds. The van der Waals surface area contributed by atoms with E-state index in [1.54, 1.807) is 19.3 Å². The van der Waals surface area contributed by atoms with E-state index >= 15 is 0 Å². The van der Waals surface area contributed by atoms with Gasteiger partial charge in [-0.15, -0.1) is 0 Å². The smallest absolute Gasteiger partial charge is 0.497 e. The predicted molar refractivity (Wildman–Crippen MR) is 79.5 cm³/mol. The topological polar surface area (TPSA) is 18.0 Å². The van der Waals surface area contributed by atoms with Gasteiger partial charge in [-0.25, -0.2) is 0 Å². The van der Waals surface area contributed by atoms with E-state index in [9.17, 15) is 0 Å². The lowest BCUT2D eigenvalue weighted by atomic mass is 10.1. The molecular weight excluding hydrogens is 248 g/mol. The Hall–Kier alpha value is -3.04. The van der Waals surface area contributed by atoms with Gasteiger partial charge in [-0.3, -0.25) is 0 Å². The first-order valence-electron chi connectivity index (χ1n) is 5.98. The molecule has 1 aromatic carbocycles. The molecule has 1 aromatic rings. The molecule has 0 spiro atoms. The Labute approximate surface area is 118 Å². The maximum Gasteiger partial charge on any atom is 0.526 e. The van der Waals surface area contributed by atoms with Crippen LogP contribution in [0.4, 0.5) is 0 Å². The molecule has 0 bridgehead atoms. The van der Waals surface area contributed by atoms with Crippen LogP contribution in [0.15, 0.2) is 66.0 Å². The summed E-state index contributed by atoms with van der Waals surface area (Å²) in [6, 6.07) is 7.75. The van der Waals surface area contributed by atoms with Crippen LogP contribution < -0.4 is 4.74 Å². The van der Waals surface area contributed by atoms with Gasteiger partial charge in [0, 0.05) is 0 Å². The minimum atomic E-state index is 0.0851. The summed E-state index contributed by atoms with van der Waals surface area (Å²) in [5, 5.41) is 0. The molecule has 0 atom stereocenters. The Morgan fingerprint density at radius 1 is 1.00 bits per heavy atom. The number of hydrogen-bond acceptors (Lipinski definition) is 1. The van der Waals surface area contributed by atoms with Crippen LogP contribution in [0.2, 0.25) is 0 Å². The van der Waals surface area contributed by atoms with E-state index in [0.717, 1.165) is 16.9 Å². The second-order valence-corrected chi connectivity index (χ2v) is 4.05. The molecule has 96 valence electrons. The van der Waals surface area contributed by atoms with E-state index in [2.05, 4.69) is 9.69 Å². The lowest BCUT2D eigenvalue weighted by Crippen LogP contribution is -1.84. The molecule has 0 radical (unpaired) electrons. The first-order valence-corrected chi connectivity index (χ1v) is 5.98. The molecule has 0 saturated heterocycles. The van der Waals surface area contributed by atoms with Crippen molar-refractivity contribution in [1.82, 2.24) is 0 Å². The molecular formula is C17H12N2O. The van der Waals surface area contributed by atoms with E-state index in [1.807, 2.05) is 42.5 Å². The van der Waals surface area contributed by atoms with E-state index < -0.39 is 0 Å². The molecule has 1 aliphatic carbocycles. The summed E-state index contributed by atoms with van der Waals surface area (Å²) >= 11 is 0. The first-order chi connectivity index (χ1) is 9.78. The number of rotatable bonds is 2. The number of methoxy groups -OCH3 is 1. The Balaban J connectivity index is 2.34. The largest absolute Gasteiger partial charge is 0.526 e. The van der Waals surface area contributed by atoms with Crippen molar-refractivity contribution in [2.75, 3.05) is 7.11 Å². The zero-order valence-corrected chi connectivity index (χ0v) is 11.0. The van der Waals surface area contributed by atoms with Gasteiger partial charge in [0.25, 0.3) is 0 Å². The average molecular weight is 260 g/mol. The average Bonchev–Trinajstić information content (AvgIpc) is 2.75. The van der Waals surface area contributed by atoms with Crippen LogP contribution >= 0.6 is 0 Å². The molecule has 0 unspecified atom stereocenters. The van der Waals surface area contributed by atoms with Gasteiger partial charge in [-0.2, -0.15) is 9.69 Å². The monoisotopic (exact) mass is 260 g/mol. The summed E-state index contributed by atoms with van der Waals surface area (Å²) in [5.74, 6) is 0.897. The van der Waals surface area contributed by atoms with Crippen molar-refractivity contribution in [3.8, 4) is 5.75 Å². The van der Waals surface area contributed by atoms with Gasteiger partial charge < -0.3 is 4.74 Å². The molecule has 0 heterocycles. The molecule has 2 rings (SSSR count). The van der Waals surface area contributed by atoms with Crippen LogP contribution in [0.1, 0.15) is 5.56 Å². The highest BCUT2D eigenvalue weighted by atomic mass is 16.5. The zero-order valence-electron chi connectivity index (χ0n) is 11.0. The van der Waals surface area contributed by atoms with Crippen molar-refractivity contribution in [2.45, 2.75) is 0 Å². The second kappa shape index (κ2) is 6.22. The Morgan fingerprint density at radius 2 is 1.70 bits per heavy atom. The quantitative estimate of drug-likeness (QED) is 0.727. The molecule has 0 N–H and O–H groups in total. The molecule has 0 saturated carbocycles. The minimum Gasteiger partial charge on any atom is -0.497 e. The molecule has 0 aromatic heterocycles. The van der Waals surface area contributed by atoms with Crippen molar-refractivity contribution < 1.29 is 4.74 Å². The Bertz CT molecular complexity index is 689. The fraction of sp³-hybridized carbons (Fsp3) is 0.0588. The molecule has 1 aliphatic rings. The highest BCUT2D eigenvalue weighted by molar-refractivity contribution is 5.77. The van der Waals surface area contributed by atoms with Crippen molar-refractivity contribution in [3.63, 3.8) is 0 Å². The van der Waals surface area contributed by atoms with Gasteiger partial charge in [-0.1, -0.05) is 42.5 Å². The van der Waals surface area contributed by atoms with Gasteiger partial charge in [0.2, 0.25) is 0 Å². The van der Waals surface area contributed by atoms with Crippen LogP contribution in [0.3, 0.4) is 0 Å². The third-order valence-electron chi connectivity index (χ3n) is 2.89. The fourth-order valence-corrected chi connectivity index (χ4v) is 1.83. The fourth-order valence-electron chi connectivity index (χ4n) is 1.83. The highest BCUT2D eigenvalue weighted by Gasteiger charge is 2.10. The van der Waals surface area contributed by atoms with Gasteiger partial charge in [0.15, 0.2) is 0 Å². The van der Waals surface area contributed by atoms with E-state index in [4.69, 9.17) is 17.9 Å². The molecule has 20 heavy (non-hydrogen) atoms. The lowest BCUT2D eigenvalue weighted by molar-refractivity contribution is 0.415. The zero-order chi connectivity index (χ0) is 14.4. The third kappa shape index (κ3) is 2.85. The molecule has 0 aliphatic heterocycles. The Morgan fingerprint density at radius 3 is 2.30 bits per heavy atom. The molecule has 0 fully saturated rings. The van der Waals surface area contributed by atoms with E-state index in [0.29, 0.717) is 5.57 Å². The van der Waals surface area contributed by atoms with E-state index in [-0.39, 0.29) is 5.82 Å². The third-order valence-corrected chi connectivity index (χ3v) is 2.89. The summed E-state index contributed by atoms with van der Waals surface area (Å²) < 4.78 is 5.13. The number of ether oxygens (including phenoxy) is 1.